The molecule has 1 aromatic heterocycles. The summed E-state index contributed by atoms with van der Waals surface area (Å²) in [6, 6.07) is 4.77. The first-order valence-corrected chi connectivity index (χ1v) is 5.96. The topological polar surface area (TPSA) is 37.8 Å². The van der Waals surface area contributed by atoms with Gasteiger partial charge >= 0.3 is 0 Å². The van der Waals surface area contributed by atoms with Crippen LogP contribution in [0.2, 0.25) is 5.02 Å². The average Bonchev–Trinajstić information content (AvgIpc) is 2.41. The van der Waals surface area contributed by atoms with Gasteiger partial charge in [-0.25, -0.2) is 4.39 Å². The molecule has 5 heteroatoms. The van der Waals surface area contributed by atoms with Crippen LogP contribution >= 0.6 is 11.6 Å². The lowest BCUT2D eigenvalue weighted by molar-refractivity contribution is 0.568. The molecule has 1 aromatic carbocycles. The second-order valence-electron chi connectivity index (χ2n) is 3.89. The van der Waals surface area contributed by atoms with Crippen molar-refractivity contribution < 1.29 is 4.39 Å². The molecule has 1 heterocycles. The first-order chi connectivity index (χ1) is 8.72. The summed E-state index contributed by atoms with van der Waals surface area (Å²) in [6.07, 6.45) is 5.50. The van der Waals surface area contributed by atoms with Crippen molar-refractivity contribution >= 4 is 11.6 Å². The van der Waals surface area contributed by atoms with Crippen molar-refractivity contribution in [2.24, 2.45) is 0 Å². The van der Waals surface area contributed by atoms with Gasteiger partial charge in [0, 0.05) is 18.6 Å². The van der Waals surface area contributed by atoms with Crippen LogP contribution in [0.4, 0.5) is 4.39 Å². The van der Waals surface area contributed by atoms with Gasteiger partial charge in [0.05, 0.1) is 16.8 Å². The number of nitrogens with one attached hydrogen (secondary N) is 1. The second kappa shape index (κ2) is 5.89. The number of rotatable bonds is 4. The molecule has 0 aliphatic rings. The van der Waals surface area contributed by atoms with Gasteiger partial charge in [0.15, 0.2) is 0 Å². The maximum absolute atomic E-state index is 13.4. The van der Waals surface area contributed by atoms with Crippen molar-refractivity contribution in [3.63, 3.8) is 0 Å². The van der Waals surface area contributed by atoms with Crippen molar-refractivity contribution in [1.29, 1.82) is 0 Å². The molecule has 18 heavy (non-hydrogen) atoms. The van der Waals surface area contributed by atoms with Gasteiger partial charge in [0.2, 0.25) is 0 Å². The smallest absolute Gasteiger partial charge is 0.142 e. The molecule has 0 fully saturated rings. The van der Waals surface area contributed by atoms with E-state index >= 15 is 0 Å². The highest BCUT2D eigenvalue weighted by Crippen LogP contribution is 2.24. The summed E-state index contributed by atoms with van der Waals surface area (Å²) in [4.78, 5) is 8.26. The van der Waals surface area contributed by atoms with Crippen LogP contribution < -0.4 is 5.32 Å². The summed E-state index contributed by atoms with van der Waals surface area (Å²) in [6.45, 7) is 0. The molecule has 0 bridgehead atoms. The lowest BCUT2D eigenvalue weighted by atomic mass is 10.0. The quantitative estimate of drug-likeness (QED) is 0.924. The summed E-state index contributed by atoms with van der Waals surface area (Å²) in [5.41, 5.74) is 1.56. The summed E-state index contributed by atoms with van der Waals surface area (Å²) in [5, 5.41) is 3.30. The van der Waals surface area contributed by atoms with Crippen molar-refractivity contribution in [1.82, 2.24) is 15.3 Å². The number of benzene rings is 1. The predicted octanol–water partition coefficient (Wildman–Crippen LogP) is 2.77. The predicted molar refractivity (Wildman–Crippen MR) is 68.9 cm³/mol. The zero-order valence-electron chi connectivity index (χ0n) is 9.90. The Labute approximate surface area is 110 Å². The lowest BCUT2D eigenvalue weighted by Crippen LogP contribution is -2.20. The fraction of sp³-hybridized carbons (Fsp3) is 0.231. The Hall–Kier alpha value is -1.52. The van der Waals surface area contributed by atoms with Crippen molar-refractivity contribution in [3.05, 3.63) is 58.9 Å². The van der Waals surface area contributed by atoms with Crippen LogP contribution in [-0.2, 0) is 6.42 Å². The van der Waals surface area contributed by atoms with Gasteiger partial charge in [-0.15, -0.1) is 0 Å². The number of aromatic nitrogens is 2. The van der Waals surface area contributed by atoms with E-state index in [0.717, 1.165) is 11.3 Å². The van der Waals surface area contributed by atoms with E-state index in [4.69, 9.17) is 11.6 Å². The molecule has 0 amide bonds. The molecule has 1 atom stereocenters. The number of nitrogens with zero attached hydrogens (tertiary/aromatic N) is 2. The van der Waals surface area contributed by atoms with Crippen LogP contribution in [0.1, 0.15) is 17.3 Å². The number of halogens is 2. The zero-order chi connectivity index (χ0) is 13.0. The third-order valence-corrected chi connectivity index (χ3v) is 3.17. The highest BCUT2D eigenvalue weighted by atomic mass is 35.5. The first kappa shape index (κ1) is 12.9. The molecule has 94 valence electrons. The molecule has 1 N–H and O–H groups in total. The van der Waals surface area contributed by atoms with Crippen LogP contribution in [0.15, 0.2) is 36.8 Å². The molecule has 3 nitrogen and oxygen atoms in total. The van der Waals surface area contributed by atoms with Crippen molar-refractivity contribution in [2.75, 3.05) is 7.05 Å². The molecule has 0 aliphatic carbocycles. The molecule has 0 spiro atoms. The molecule has 0 saturated carbocycles. The summed E-state index contributed by atoms with van der Waals surface area (Å²) in [7, 11) is 1.83. The van der Waals surface area contributed by atoms with Crippen LogP contribution in [0.25, 0.3) is 0 Å². The van der Waals surface area contributed by atoms with Crippen LogP contribution in [0.5, 0.6) is 0 Å². The SMILES string of the molecule is CNC(Cc1cccc(F)c1Cl)c1cnccn1. The van der Waals surface area contributed by atoms with E-state index < -0.39 is 5.82 Å². The van der Waals surface area contributed by atoms with Crippen LogP contribution in [0, 0.1) is 5.82 Å². The first-order valence-electron chi connectivity index (χ1n) is 5.58. The molecular formula is C13H13ClFN3. The van der Waals surface area contributed by atoms with E-state index in [9.17, 15) is 4.39 Å². The molecule has 2 aromatic rings. The molecule has 0 saturated heterocycles. The number of hydrogen-bond acceptors (Lipinski definition) is 3. The Morgan fingerprint density at radius 1 is 1.39 bits per heavy atom. The highest BCUT2D eigenvalue weighted by molar-refractivity contribution is 6.31. The van der Waals surface area contributed by atoms with Gasteiger partial charge in [-0.1, -0.05) is 23.7 Å². The Morgan fingerprint density at radius 2 is 2.22 bits per heavy atom. The fourth-order valence-corrected chi connectivity index (χ4v) is 1.97. The summed E-state index contributed by atoms with van der Waals surface area (Å²) in [5.74, 6) is -0.400. The third kappa shape index (κ3) is 2.83. The van der Waals surface area contributed by atoms with Gasteiger partial charge < -0.3 is 5.32 Å². The monoisotopic (exact) mass is 265 g/mol. The molecule has 2 rings (SSSR count). The fourth-order valence-electron chi connectivity index (χ4n) is 1.77. The summed E-state index contributed by atoms with van der Waals surface area (Å²) >= 11 is 5.94. The van der Waals surface area contributed by atoms with Gasteiger partial charge in [0.25, 0.3) is 0 Å². The van der Waals surface area contributed by atoms with Crippen molar-refractivity contribution in [3.8, 4) is 0 Å². The Bertz CT molecular complexity index is 519. The summed E-state index contributed by atoms with van der Waals surface area (Å²) < 4.78 is 13.4. The molecule has 0 radical (unpaired) electrons. The Kier molecular flexibility index (Phi) is 4.23. The van der Waals surface area contributed by atoms with Crippen LogP contribution in [-0.4, -0.2) is 17.0 Å². The molecule has 0 aliphatic heterocycles. The minimum Gasteiger partial charge on any atom is -0.311 e. The average molecular weight is 266 g/mol. The molecular weight excluding hydrogens is 253 g/mol. The van der Waals surface area contributed by atoms with Crippen molar-refractivity contribution in [2.45, 2.75) is 12.5 Å². The maximum Gasteiger partial charge on any atom is 0.142 e. The molecule has 1 unspecified atom stereocenters. The second-order valence-corrected chi connectivity index (χ2v) is 4.27. The standard InChI is InChI=1S/C13H13ClFN3/c1-16-11(12-8-17-5-6-18-12)7-9-3-2-4-10(15)13(9)14/h2-6,8,11,16H,7H2,1H3. The number of likely N-dealkylation sites (N-methyl/N-ethyl adjacent to an activating group) is 1. The van der Waals surface area contributed by atoms with Gasteiger partial charge in [0.1, 0.15) is 5.82 Å². The van der Waals surface area contributed by atoms with E-state index in [1.54, 1.807) is 24.7 Å². The van der Waals surface area contributed by atoms with Crippen LogP contribution in [0.3, 0.4) is 0 Å². The number of hydrogen-bond donors (Lipinski definition) is 1. The largest absolute Gasteiger partial charge is 0.311 e. The van der Waals surface area contributed by atoms with E-state index in [1.165, 1.54) is 6.07 Å². The lowest BCUT2D eigenvalue weighted by Gasteiger charge is -2.16. The normalized spacial score (nSPS) is 12.4. The van der Waals surface area contributed by atoms with Gasteiger partial charge in [-0.3, -0.25) is 9.97 Å². The van der Waals surface area contributed by atoms with Gasteiger partial charge in [-0.05, 0) is 25.1 Å². The Balaban J connectivity index is 2.24. The van der Waals surface area contributed by atoms with E-state index in [0.29, 0.717) is 6.42 Å². The highest BCUT2D eigenvalue weighted by Gasteiger charge is 2.14. The zero-order valence-corrected chi connectivity index (χ0v) is 10.7. The third-order valence-electron chi connectivity index (χ3n) is 2.74. The minimum atomic E-state index is -0.400. The van der Waals surface area contributed by atoms with Gasteiger partial charge in [-0.2, -0.15) is 0 Å². The van der Waals surface area contributed by atoms with E-state index in [2.05, 4.69) is 15.3 Å². The maximum atomic E-state index is 13.4. The minimum absolute atomic E-state index is 0.0435. The van der Waals surface area contributed by atoms with E-state index in [1.807, 2.05) is 13.1 Å². The Morgan fingerprint density at radius 3 is 2.89 bits per heavy atom. The van der Waals surface area contributed by atoms with E-state index in [-0.39, 0.29) is 11.1 Å².